The molecular formula is C32H41FN4O9S2. The summed E-state index contributed by atoms with van der Waals surface area (Å²) in [6, 6.07) is 13.0. The summed E-state index contributed by atoms with van der Waals surface area (Å²) in [7, 11) is -3.76. The van der Waals surface area contributed by atoms with Gasteiger partial charge in [-0.3, -0.25) is 24.5 Å². The molecule has 13 nitrogen and oxygen atoms in total. The number of carboxylic acids is 3. The second kappa shape index (κ2) is 15.6. The van der Waals surface area contributed by atoms with Crippen molar-refractivity contribution in [1.82, 2.24) is 14.9 Å². The number of aromatic nitrogens is 2. The van der Waals surface area contributed by atoms with Crippen molar-refractivity contribution in [3.05, 3.63) is 81.8 Å². The Labute approximate surface area is 282 Å². The number of hydrogen-bond acceptors (Lipinski definition) is 10. The standard InChI is InChI=1S/C26H33FN4O2S2.C6H8O7/c1-19-7-8-20(16-30-19)25(2,3)31-15-13-26(18-31,12-11-21-9-10-24(27)34-21)22(17-35(28,32)33)23-6-4-5-14-29-23;7-3(8)1-6(13,5(11)12)2-4(9)10/h4-10,14,16,22H,11-13,15,17-18H2,1-3H3,(H2,28,32,33);13H,1-2H2,(H,7,8)(H,9,10)(H,11,12)/t22-,26-;/m1./s1. The Bertz CT molecular complexity index is 1670. The van der Waals surface area contributed by atoms with Gasteiger partial charge in [-0.15, -0.1) is 11.3 Å². The molecule has 3 aromatic rings. The largest absolute Gasteiger partial charge is 0.481 e. The fourth-order valence-electron chi connectivity index (χ4n) is 6.01. The zero-order chi connectivity index (χ0) is 35.9. The predicted molar refractivity (Wildman–Crippen MR) is 175 cm³/mol. The summed E-state index contributed by atoms with van der Waals surface area (Å²) in [4.78, 5) is 42.9. The molecule has 1 fully saturated rings. The molecule has 1 saturated heterocycles. The highest BCUT2D eigenvalue weighted by atomic mass is 32.2. The number of primary sulfonamides is 1. The lowest BCUT2D eigenvalue weighted by molar-refractivity contribution is -0.170. The van der Waals surface area contributed by atoms with Crippen LogP contribution in [0.15, 0.2) is 54.9 Å². The van der Waals surface area contributed by atoms with Crippen molar-refractivity contribution < 1.29 is 47.6 Å². The van der Waals surface area contributed by atoms with Crippen LogP contribution in [0.3, 0.4) is 0 Å². The van der Waals surface area contributed by atoms with Gasteiger partial charge in [0.2, 0.25) is 10.0 Å². The van der Waals surface area contributed by atoms with Crippen molar-refractivity contribution in [1.29, 1.82) is 0 Å². The number of hydrogen-bond donors (Lipinski definition) is 5. The Morgan fingerprint density at radius 2 is 1.73 bits per heavy atom. The number of halogens is 1. The molecule has 6 N–H and O–H groups in total. The number of likely N-dealkylation sites (tertiary alicyclic amines) is 1. The molecule has 4 rings (SSSR count). The summed E-state index contributed by atoms with van der Waals surface area (Å²) in [6.07, 6.45) is 3.50. The summed E-state index contributed by atoms with van der Waals surface area (Å²) >= 11 is 1.15. The van der Waals surface area contributed by atoms with Gasteiger partial charge < -0.3 is 20.4 Å². The maximum atomic E-state index is 13.7. The third-order valence-electron chi connectivity index (χ3n) is 8.76. The molecule has 3 aromatic heterocycles. The number of aliphatic carboxylic acids is 3. The average molecular weight is 709 g/mol. The smallest absolute Gasteiger partial charge is 0.336 e. The SMILES string of the molecule is Cc1ccc(C(C)(C)N2CC[C@@](CCc3ccc(F)s3)([C@H](CS(N)(=O)=O)c3ccccn3)C2)cn1.O=C(O)CC(O)(CC(=O)O)C(=O)O. The summed E-state index contributed by atoms with van der Waals surface area (Å²) in [5.41, 5.74) is -0.621. The number of pyridine rings is 2. The van der Waals surface area contributed by atoms with Gasteiger partial charge in [0, 0.05) is 46.7 Å². The lowest BCUT2D eigenvalue weighted by Crippen LogP contribution is -2.44. The van der Waals surface area contributed by atoms with E-state index in [4.69, 9.17) is 25.6 Å². The Morgan fingerprint density at radius 3 is 2.21 bits per heavy atom. The van der Waals surface area contributed by atoms with Crippen molar-refractivity contribution in [2.75, 3.05) is 18.8 Å². The zero-order valence-electron chi connectivity index (χ0n) is 26.9. The van der Waals surface area contributed by atoms with E-state index in [9.17, 15) is 27.2 Å². The number of carboxylic acid groups (broad SMARTS) is 3. The van der Waals surface area contributed by atoms with Crippen LogP contribution in [0.4, 0.5) is 4.39 Å². The zero-order valence-corrected chi connectivity index (χ0v) is 28.5. The number of nitrogens with zero attached hydrogens (tertiary/aromatic N) is 3. The van der Waals surface area contributed by atoms with Gasteiger partial charge in [0.05, 0.1) is 18.6 Å². The highest BCUT2D eigenvalue weighted by molar-refractivity contribution is 7.89. The third kappa shape index (κ3) is 10.3. The predicted octanol–water partition coefficient (Wildman–Crippen LogP) is 3.37. The molecule has 0 spiro atoms. The molecular weight excluding hydrogens is 668 g/mol. The van der Waals surface area contributed by atoms with E-state index >= 15 is 0 Å². The van der Waals surface area contributed by atoms with Gasteiger partial charge in [-0.05, 0) is 87.9 Å². The molecule has 262 valence electrons. The van der Waals surface area contributed by atoms with Crippen LogP contribution in [-0.4, -0.2) is 86.1 Å². The maximum Gasteiger partial charge on any atom is 0.336 e. The van der Waals surface area contributed by atoms with Gasteiger partial charge in [-0.2, -0.15) is 4.39 Å². The quantitative estimate of drug-likeness (QED) is 0.163. The molecule has 0 saturated carbocycles. The minimum absolute atomic E-state index is 0.177. The van der Waals surface area contributed by atoms with Gasteiger partial charge in [-0.1, -0.05) is 12.1 Å². The number of nitrogens with two attached hydrogens (primary N) is 1. The highest BCUT2D eigenvalue weighted by Crippen LogP contribution is 2.50. The van der Waals surface area contributed by atoms with Crippen LogP contribution < -0.4 is 5.14 Å². The van der Waals surface area contributed by atoms with Gasteiger partial charge in [0.15, 0.2) is 10.7 Å². The lowest BCUT2D eigenvalue weighted by atomic mass is 9.70. The number of sulfonamides is 1. The first-order valence-electron chi connectivity index (χ1n) is 15.0. The van der Waals surface area contributed by atoms with Gasteiger partial charge in [-0.25, -0.2) is 18.4 Å². The summed E-state index contributed by atoms with van der Waals surface area (Å²) < 4.78 is 38.5. The van der Waals surface area contributed by atoms with E-state index in [0.717, 1.165) is 46.1 Å². The molecule has 16 heteroatoms. The summed E-state index contributed by atoms with van der Waals surface area (Å²) in [5, 5.41) is 39.2. The minimum atomic E-state index is -3.76. The maximum absolute atomic E-state index is 13.7. The molecule has 4 heterocycles. The molecule has 0 bridgehead atoms. The van der Waals surface area contributed by atoms with Crippen molar-refractivity contribution in [2.24, 2.45) is 10.6 Å². The molecule has 2 atom stereocenters. The first-order valence-corrected chi connectivity index (χ1v) is 17.5. The molecule has 0 unspecified atom stereocenters. The first-order chi connectivity index (χ1) is 22.3. The van der Waals surface area contributed by atoms with Crippen LogP contribution >= 0.6 is 11.3 Å². The Hall–Kier alpha value is -3.83. The normalized spacial score (nSPS) is 17.7. The van der Waals surface area contributed by atoms with E-state index in [1.165, 1.54) is 6.07 Å². The summed E-state index contributed by atoms with van der Waals surface area (Å²) in [5.74, 6) is -5.57. The van der Waals surface area contributed by atoms with Crippen molar-refractivity contribution in [3.8, 4) is 0 Å². The van der Waals surface area contributed by atoms with Gasteiger partial charge in [0.1, 0.15) is 0 Å². The van der Waals surface area contributed by atoms with E-state index in [0.29, 0.717) is 19.4 Å². The topological polar surface area (TPSA) is 221 Å². The van der Waals surface area contributed by atoms with E-state index in [1.807, 2.05) is 43.5 Å². The Kier molecular flexibility index (Phi) is 12.5. The summed E-state index contributed by atoms with van der Waals surface area (Å²) in [6.45, 7) is 7.81. The van der Waals surface area contributed by atoms with E-state index in [-0.39, 0.29) is 22.3 Å². The number of rotatable bonds is 14. The molecule has 0 amide bonds. The van der Waals surface area contributed by atoms with E-state index in [1.54, 1.807) is 6.20 Å². The number of carbonyl (C=O) groups is 3. The van der Waals surface area contributed by atoms with Crippen LogP contribution in [0.25, 0.3) is 0 Å². The Balaban J connectivity index is 0.000000408. The van der Waals surface area contributed by atoms with E-state index < -0.39 is 51.8 Å². The fourth-order valence-corrected chi connectivity index (χ4v) is 7.73. The molecule has 1 aliphatic heterocycles. The van der Waals surface area contributed by atoms with Crippen LogP contribution in [0.2, 0.25) is 0 Å². The highest BCUT2D eigenvalue weighted by Gasteiger charge is 2.49. The molecule has 0 aliphatic carbocycles. The van der Waals surface area contributed by atoms with Crippen molar-refractivity contribution >= 4 is 39.3 Å². The molecule has 0 radical (unpaired) electrons. The number of aliphatic hydroxyl groups is 1. The van der Waals surface area contributed by atoms with Crippen molar-refractivity contribution in [3.63, 3.8) is 0 Å². The number of thiophene rings is 1. The molecule has 0 aromatic carbocycles. The third-order valence-corrected chi connectivity index (χ3v) is 10.5. The van der Waals surface area contributed by atoms with Gasteiger partial charge >= 0.3 is 17.9 Å². The monoisotopic (exact) mass is 708 g/mol. The van der Waals surface area contributed by atoms with E-state index in [2.05, 4.69) is 34.8 Å². The second-order valence-electron chi connectivity index (χ2n) is 12.6. The molecule has 48 heavy (non-hydrogen) atoms. The van der Waals surface area contributed by atoms with Crippen molar-refractivity contribution in [2.45, 2.75) is 69.9 Å². The molecule has 1 aliphatic rings. The minimum Gasteiger partial charge on any atom is -0.481 e. The fraction of sp³-hybridized carbons (Fsp3) is 0.469. The number of aryl methyl sites for hydroxylation is 2. The second-order valence-corrected chi connectivity index (χ2v) is 15.4. The first kappa shape index (κ1) is 38.6. The van der Waals surface area contributed by atoms with Gasteiger partial charge in [0.25, 0.3) is 0 Å². The Morgan fingerprint density at radius 1 is 1.06 bits per heavy atom. The average Bonchev–Trinajstić information content (AvgIpc) is 3.62. The van der Waals surface area contributed by atoms with Crippen LogP contribution in [0.5, 0.6) is 0 Å². The van der Waals surface area contributed by atoms with Crippen LogP contribution in [0, 0.1) is 17.5 Å². The van der Waals surface area contributed by atoms with Crippen LogP contribution in [-0.2, 0) is 36.4 Å². The van der Waals surface area contributed by atoms with Crippen LogP contribution in [0.1, 0.15) is 67.3 Å². The lowest BCUT2D eigenvalue weighted by Gasteiger charge is -2.41.